The molecule has 70 valence electrons. The van der Waals surface area contributed by atoms with E-state index >= 15 is 0 Å². The van der Waals surface area contributed by atoms with E-state index < -0.39 is 5.97 Å². The minimum absolute atomic E-state index is 0.257. The van der Waals surface area contributed by atoms with E-state index in [-0.39, 0.29) is 23.5 Å². The third kappa shape index (κ3) is 1.90. The molecule has 0 saturated carbocycles. The summed E-state index contributed by atoms with van der Waals surface area (Å²) in [6, 6.07) is 2.89. The van der Waals surface area contributed by atoms with Crippen LogP contribution in [-0.2, 0) is 11.2 Å². The van der Waals surface area contributed by atoms with Crippen molar-refractivity contribution in [2.24, 2.45) is 0 Å². The lowest BCUT2D eigenvalue weighted by molar-refractivity contribution is -0.136. The number of hydrogen-bond acceptors (Lipinski definition) is 3. The molecular formula is C9H10O4. The quantitative estimate of drug-likeness (QED) is 0.597. The average molecular weight is 182 g/mol. The summed E-state index contributed by atoms with van der Waals surface area (Å²) in [6.45, 7) is 1.68. The number of phenolic OH excluding ortho intramolecular Hbond substituents is 2. The summed E-state index contributed by atoms with van der Waals surface area (Å²) >= 11 is 0. The lowest BCUT2D eigenvalue weighted by Gasteiger charge is -2.06. The Balaban J connectivity index is 3.17. The first-order chi connectivity index (χ1) is 6.02. The molecule has 1 rings (SSSR count). The highest BCUT2D eigenvalue weighted by molar-refractivity contribution is 5.72. The van der Waals surface area contributed by atoms with E-state index in [0.29, 0.717) is 5.56 Å². The molecule has 0 aliphatic heterocycles. The molecule has 3 N–H and O–H groups in total. The largest absolute Gasteiger partial charge is 0.504 e. The number of aryl methyl sites for hydroxylation is 1. The molecule has 0 amide bonds. The molecule has 0 fully saturated rings. The van der Waals surface area contributed by atoms with Crippen LogP contribution < -0.4 is 0 Å². The van der Waals surface area contributed by atoms with Crippen molar-refractivity contribution >= 4 is 5.97 Å². The van der Waals surface area contributed by atoms with Crippen molar-refractivity contribution < 1.29 is 20.1 Å². The van der Waals surface area contributed by atoms with E-state index in [2.05, 4.69) is 0 Å². The van der Waals surface area contributed by atoms with Gasteiger partial charge in [0.25, 0.3) is 0 Å². The second-order valence-electron chi connectivity index (χ2n) is 2.80. The van der Waals surface area contributed by atoms with Crippen molar-refractivity contribution in [3.8, 4) is 11.5 Å². The average Bonchev–Trinajstić information content (AvgIpc) is 2.05. The molecule has 0 radical (unpaired) electrons. The zero-order chi connectivity index (χ0) is 10.0. The number of hydrogen-bond donors (Lipinski definition) is 3. The van der Waals surface area contributed by atoms with E-state index in [9.17, 15) is 9.90 Å². The van der Waals surface area contributed by atoms with E-state index in [0.717, 1.165) is 0 Å². The summed E-state index contributed by atoms with van der Waals surface area (Å²) in [6.07, 6.45) is -0.286. The maximum Gasteiger partial charge on any atom is 0.307 e. The SMILES string of the molecule is Cc1ccc(O)c(O)c1CC(=O)O. The van der Waals surface area contributed by atoms with Crippen LogP contribution in [0.2, 0.25) is 0 Å². The smallest absolute Gasteiger partial charge is 0.307 e. The minimum atomic E-state index is -1.04. The summed E-state index contributed by atoms with van der Waals surface area (Å²) < 4.78 is 0. The van der Waals surface area contributed by atoms with Gasteiger partial charge in [-0.2, -0.15) is 0 Å². The van der Waals surface area contributed by atoms with Crippen molar-refractivity contribution in [3.05, 3.63) is 23.3 Å². The van der Waals surface area contributed by atoms with Crippen LogP contribution in [0, 0.1) is 6.92 Å². The first-order valence-electron chi connectivity index (χ1n) is 3.74. The Hall–Kier alpha value is -1.71. The summed E-state index contributed by atoms with van der Waals surface area (Å²) in [5.41, 5.74) is 0.908. The van der Waals surface area contributed by atoms with Gasteiger partial charge in [0.15, 0.2) is 11.5 Å². The Labute approximate surface area is 75.1 Å². The van der Waals surface area contributed by atoms with Gasteiger partial charge in [-0.15, -0.1) is 0 Å². The van der Waals surface area contributed by atoms with E-state index in [1.54, 1.807) is 13.0 Å². The van der Waals surface area contributed by atoms with Gasteiger partial charge in [0.05, 0.1) is 6.42 Å². The molecule has 13 heavy (non-hydrogen) atoms. The van der Waals surface area contributed by atoms with Gasteiger partial charge in [-0.05, 0) is 18.6 Å². The number of aromatic hydroxyl groups is 2. The summed E-state index contributed by atoms with van der Waals surface area (Å²) in [4.78, 5) is 10.4. The summed E-state index contributed by atoms with van der Waals surface area (Å²) in [5, 5.41) is 26.9. The molecule has 0 aliphatic rings. The van der Waals surface area contributed by atoms with E-state index in [1.165, 1.54) is 6.07 Å². The number of aliphatic carboxylic acids is 1. The van der Waals surface area contributed by atoms with E-state index in [1.807, 2.05) is 0 Å². The van der Waals surface area contributed by atoms with Crippen LogP contribution in [-0.4, -0.2) is 21.3 Å². The lowest BCUT2D eigenvalue weighted by atomic mass is 10.0. The predicted molar refractivity (Wildman–Crippen MR) is 45.8 cm³/mol. The van der Waals surface area contributed by atoms with Crippen LogP contribution in [0.5, 0.6) is 11.5 Å². The van der Waals surface area contributed by atoms with Crippen molar-refractivity contribution in [2.45, 2.75) is 13.3 Å². The van der Waals surface area contributed by atoms with Gasteiger partial charge in [-0.3, -0.25) is 4.79 Å². The number of carboxylic acids is 1. The van der Waals surface area contributed by atoms with Gasteiger partial charge in [0.2, 0.25) is 0 Å². The monoisotopic (exact) mass is 182 g/mol. The molecule has 0 bridgehead atoms. The van der Waals surface area contributed by atoms with Gasteiger partial charge >= 0.3 is 5.97 Å². The van der Waals surface area contributed by atoms with Crippen LogP contribution in [0.3, 0.4) is 0 Å². The topological polar surface area (TPSA) is 77.8 Å². The molecule has 0 heterocycles. The Bertz CT molecular complexity index is 344. The molecule has 1 aromatic carbocycles. The maximum atomic E-state index is 10.4. The van der Waals surface area contributed by atoms with Gasteiger partial charge in [0.1, 0.15) is 0 Å². The highest BCUT2D eigenvalue weighted by atomic mass is 16.4. The van der Waals surface area contributed by atoms with Gasteiger partial charge in [-0.1, -0.05) is 6.07 Å². The zero-order valence-corrected chi connectivity index (χ0v) is 7.11. The number of carboxylic acid groups (broad SMARTS) is 1. The molecule has 0 saturated heterocycles. The fraction of sp³-hybridized carbons (Fsp3) is 0.222. The van der Waals surface area contributed by atoms with Gasteiger partial charge in [-0.25, -0.2) is 0 Å². The third-order valence-electron chi connectivity index (χ3n) is 1.82. The lowest BCUT2D eigenvalue weighted by Crippen LogP contribution is -2.02. The molecule has 4 heteroatoms. The highest BCUT2D eigenvalue weighted by Gasteiger charge is 2.12. The second-order valence-corrected chi connectivity index (χ2v) is 2.80. The first kappa shape index (κ1) is 9.38. The Morgan fingerprint density at radius 2 is 2.00 bits per heavy atom. The van der Waals surface area contributed by atoms with Gasteiger partial charge in [0, 0.05) is 5.56 Å². The van der Waals surface area contributed by atoms with Crippen LogP contribution in [0.25, 0.3) is 0 Å². The van der Waals surface area contributed by atoms with E-state index in [4.69, 9.17) is 10.2 Å². The molecule has 0 unspecified atom stereocenters. The van der Waals surface area contributed by atoms with Crippen LogP contribution in [0.15, 0.2) is 12.1 Å². The Morgan fingerprint density at radius 1 is 1.38 bits per heavy atom. The van der Waals surface area contributed by atoms with Crippen LogP contribution in [0.1, 0.15) is 11.1 Å². The standard InChI is InChI=1S/C9H10O4/c1-5-2-3-7(10)9(13)6(5)4-8(11)12/h2-3,10,13H,4H2,1H3,(H,11,12). The number of carbonyl (C=O) groups is 1. The molecule has 0 aliphatic carbocycles. The van der Waals surface area contributed by atoms with Crippen molar-refractivity contribution in [1.29, 1.82) is 0 Å². The highest BCUT2D eigenvalue weighted by Crippen LogP contribution is 2.31. The molecular weight excluding hydrogens is 172 g/mol. The molecule has 0 spiro atoms. The molecule has 0 aromatic heterocycles. The number of phenols is 2. The second kappa shape index (κ2) is 3.35. The number of benzene rings is 1. The van der Waals surface area contributed by atoms with Crippen molar-refractivity contribution in [1.82, 2.24) is 0 Å². The first-order valence-corrected chi connectivity index (χ1v) is 3.74. The predicted octanol–water partition coefficient (Wildman–Crippen LogP) is 1.03. The summed E-state index contributed by atoms with van der Waals surface area (Å²) in [5.74, 6) is -1.67. The number of rotatable bonds is 2. The Kier molecular flexibility index (Phi) is 2.41. The van der Waals surface area contributed by atoms with Crippen LogP contribution >= 0.6 is 0 Å². The maximum absolute atomic E-state index is 10.4. The van der Waals surface area contributed by atoms with Crippen molar-refractivity contribution in [3.63, 3.8) is 0 Å². The molecule has 0 atom stereocenters. The third-order valence-corrected chi connectivity index (χ3v) is 1.82. The fourth-order valence-electron chi connectivity index (χ4n) is 1.10. The Morgan fingerprint density at radius 3 is 2.54 bits per heavy atom. The van der Waals surface area contributed by atoms with Crippen LogP contribution in [0.4, 0.5) is 0 Å². The molecule has 4 nitrogen and oxygen atoms in total. The fourth-order valence-corrected chi connectivity index (χ4v) is 1.10. The molecule has 1 aromatic rings. The zero-order valence-electron chi connectivity index (χ0n) is 7.11. The van der Waals surface area contributed by atoms with Gasteiger partial charge < -0.3 is 15.3 Å². The van der Waals surface area contributed by atoms with Crippen molar-refractivity contribution in [2.75, 3.05) is 0 Å². The minimum Gasteiger partial charge on any atom is -0.504 e. The normalized spacial score (nSPS) is 9.92. The summed E-state index contributed by atoms with van der Waals surface area (Å²) in [7, 11) is 0.